The van der Waals surface area contributed by atoms with E-state index in [4.69, 9.17) is 0 Å². The summed E-state index contributed by atoms with van der Waals surface area (Å²) in [6.45, 7) is 0.155. The summed E-state index contributed by atoms with van der Waals surface area (Å²) in [4.78, 5) is 15.6. The average molecular weight is 286 g/mol. The van der Waals surface area contributed by atoms with Crippen LogP contribution in [0.1, 0.15) is 42.5 Å². The fraction of sp³-hybridized carbons (Fsp3) is 0.471. The molecule has 1 aromatic carbocycles. The molecule has 0 spiro atoms. The van der Waals surface area contributed by atoms with Gasteiger partial charge in [-0.05, 0) is 37.1 Å². The number of fused-ring (bicyclic) bond motifs is 1. The van der Waals surface area contributed by atoms with Crippen molar-refractivity contribution in [3.05, 3.63) is 36.0 Å². The molecule has 21 heavy (non-hydrogen) atoms. The summed E-state index contributed by atoms with van der Waals surface area (Å²) in [7, 11) is 0. The molecule has 112 valence electrons. The molecule has 2 unspecified atom stereocenters. The van der Waals surface area contributed by atoms with Gasteiger partial charge in [0.05, 0.1) is 0 Å². The lowest BCUT2D eigenvalue weighted by Gasteiger charge is -2.24. The fourth-order valence-corrected chi connectivity index (χ4v) is 3.24. The van der Waals surface area contributed by atoms with E-state index < -0.39 is 0 Å². The Morgan fingerprint density at radius 2 is 2.10 bits per heavy atom. The zero-order valence-electron chi connectivity index (χ0n) is 12.1. The number of carbonyl (C=O) groups is 1. The van der Waals surface area contributed by atoms with Crippen molar-refractivity contribution in [2.24, 2.45) is 5.92 Å². The number of aliphatic hydroxyl groups is 1. The normalized spacial score (nSPS) is 22.9. The molecule has 1 heterocycles. The maximum absolute atomic E-state index is 12.4. The van der Waals surface area contributed by atoms with E-state index in [0.29, 0.717) is 5.56 Å². The Hall–Kier alpha value is -1.81. The summed E-state index contributed by atoms with van der Waals surface area (Å²) in [5.41, 5.74) is 1.72. The Balaban J connectivity index is 1.74. The van der Waals surface area contributed by atoms with Crippen LogP contribution in [0.4, 0.5) is 0 Å². The lowest BCUT2D eigenvalue weighted by Crippen LogP contribution is -2.41. The minimum Gasteiger partial charge on any atom is -0.396 e. The molecule has 3 rings (SSSR count). The Morgan fingerprint density at radius 3 is 2.95 bits per heavy atom. The van der Waals surface area contributed by atoms with Crippen LogP contribution in [-0.4, -0.2) is 28.6 Å². The van der Waals surface area contributed by atoms with Gasteiger partial charge in [-0.1, -0.05) is 19.3 Å². The number of aromatic amines is 1. The molecule has 0 saturated heterocycles. The number of aromatic nitrogens is 1. The van der Waals surface area contributed by atoms with Crippen LogP contribution in [-0.2, 0) is 0 Å². The second-order valence-electron chi connectivity index (χ2n) is 5.94. The summed E-state index contributed by atoms with van der Waals surface area (Å²) in [5.74, 6) is 0.149. The van der Waals surface area contributed by atoms with Crippen molar-refractivity contribution in [1.29, 1.82) is 0 Å². The lowest BCUT2D eigenvalue weighted by molar-refractivity contribution is 0.0899. The maximum atomic E-state index is 12.4. The zero-order chi connectivity index (χ0) is 14.7. The highest BCUT2D eigenvalue weighted by atomic mass is 16.3. The molecule has 0 aliphatic heterocycles. The second-order valence-corrected chi connectivity index (χ2v) is 5.94. The van der Waals surface area contributed by atoms with Gasteiger partial charge in [0.1, 0.15) is 0 Å². The first-order valence-corrected chi connectivity index (χ1v) is 7.77. The van der Waals surface area contributed by atoms with Crippen LogP contribution < -0.4 is 5.32 Å². The number of benzene rings is 1. The first kappa shape index (κ1) is 14.1. The SMILES string of the molecule is O=C(NC1CCCCCC1CO)c1ccc2[nH]ccc2c1. The van der Waals surface area contributed by atoms with Crippen LogP contribution in [0.2, 0.25) is 0 Å². The van der Waals surface area contributed by atoms with E-state index in [9.17, 15) is 9.90 Å². The van der Waals surface area contributed by atoms with Crippen LogP contribution in [0.15, 0.2) is 30.5 Å². The van der Waals surface area contributed by atoms with Crippen LogP contribution in [0.25, 0.3) is 10.9 Å². The fourth-order valence-electron chi connectivity index (χ4n) is 3.24. The third kappa shape index (κ3) is 3.10. The molecule has 1 aliphatic rings. The molecule has 1 aromatic heterocycles. The highest BCUT2D eigenvalue weighted by Crippen LogP contribution is 2.23. The molecule has 1 aliphatic carbocycles. The number of hydrogen-bond donors (Lipinski definition) is 3. The van der Waals surface area contributed by atoms with Crippen LogP contribution in [0.3, 0.4) is 0 Å². The van der Waals surface area contributed by atoms with Crippen LogP contribution in [0.5, 0.6) is 0 Å². The molecule has 3 N–H and O–H groups in total. The van der Waals surface area contributed by atoms with Gasteiger partial charge in [-0.3, -0.25) is 4.79 Å². The maximum Gasteiger partial charge on any atom is 0.251 e. The third-order valence-corrected chi connectivity index (χ3v) is 4.53. The van der Waals surface area contributed by atoms with Gasteiger partial charge >= 0.3 is 0 Å². The lowest BCUT2D eigenvalue weighted by atomic mass is 9.95. The summed E-state index contributed by atoms with van der Waals surface area (Å²) in [5, 5.41) is 13.7. The van der Waals surface area contributed by atoms with E-state index in [0.717, 1.165) is 36.6 Å². The number of carbonyl (C=O) groups excluding carboxylic acids is 1. The molecule has 2 aromatic rings. The van der Waals surface area contributed by atoms with Gasteiger partial charge in [0.15, 0.2) is 0 Å². The summed E-state index contributed by atoms with van der Waals surface area (Å²) >= 11 is 0. The Labute approximate surface area is 124 Å². The molecular formula is C17H22N2O2. The van der Waals surface area contributed by atoms with Crippen molar-refractivity contribution in [3.63, 3.8) is 0 Å². The molecular weight excluding hydrogens is 264 g/mol. The van der Waals surface area contributed by atoms with E-state index in [2.05, 4.69) is 10.3 Å². The second kappa shape index (κ2) is 6.31. The van der Waals surface area contributed by atoms with Crippen LogP contribution >= 0.6 is 0 Å². The first-order chi connectivity index (χ1) is 10.3. The number of aliphatic hydroxyl groups excluding tert-OH is 1. The molecule has 4 heteroatoms. The Bertz CT molecular complexity index is 620. The average Bonchev–Trinajstić information content (AvgIpc) is 2.86. The molecule has 4 nitrogen and oxygen atoms in total. The molecule has 1 saturated carbocycles. The van der Waals surface area contributed by atoms with Gasteiger partial charge in [0.25, 0.3) is 5.91 Å². The van der Waals surface area contributed by atoms with Gasteiger partial charge in [0.2, 0.25) is 0 Å². The van der Waals surface area contributed by atoms with Gasteiger partial charge < -0.3 is 15.4 Å². The van der Waals surface area contributed by atoms with Crippen molar-refractivity contribution >= 4 is 16.8 Å². The largest absolute Gasteiger partial charge is 0.396 e. The minimum absolute atomic E-state index is 0.0385. The van der Waals surface area contributed by atoms with E-state index >= 15 is 0 Å². The summed E-state index contributed by atoms with van der Waals surface area (Å²) < 4.78 is 0. The van der Waals surface area contributed by atoms with E-state index in [-0.39, 0.29) is 24.5 Å². The van der Waals surface area contributed by atoms with Gasteiger partial charge in [-0.2, -0.15) is 0 Å². The minimum atomic E-state index is -0.0385. The topological polar surface area (TPSA) is 65.1 Å². The Morgan fingerprint density at radius 1 is 1.24 bits per heavy atom. The summed E-state index contributed by atoms with van der Waals surface area (Å²) in [6.07, 6.45) is 7.30. The molecule has 0 bridgehead atoms. The quantitative estimate of drug-likeness (QED) is 0.760. The monoisotopic (exact) mass is 286 g/mol. The smallest absolute Gasteiger partial charge is 0.251 e. The number of nitrogens with one attached hydrogen (secondary N) is 2. The highest BCUT2D eigenvalue weighted by Gasteiger charge is 2.24. The number of rotatable bonds is 3. The standard InChI is InChI=1S/C17H22N2O2/c20-11-14-4-2-1-3-5-16(14)19-17(21)13-6-7-15-12(10-13)8-9-18-15/h6-10,14,16,18,20H,1-5,11H2,(H,19,21). The van der Waals surface area contributed by atoms with E-state index in [1.54, 1.807) is 0 Å². The van der Waals surface area contributed by atoms with Crippen molar-refractivity contribution in [2.45, 2.75) is 38.1 Å². The number of amides is 1. The summed E-state index contributed by atoms with van der Waals surface area (Å²) in [6, 6.07) is 7.74. The highest BCUT2D eigenvalue weighted by molar-refractivity contribution is 5.98. The van der Waals surface area contributed by atoms with Crippen molar-refractivity contribution in [3.8, 4) is 0 Å². The Kier molecular flexibility index (Phi) is 4.25. The van der Waals surface area contributed by atoms with E-state index in [1.807, 2.05) is 30.5 Å². The van der Waals surface area contributed by atoms with E-state index in [1.165, 1.54) is 6.42 Å². The number of H-pyrrole nitrogens is 1. The molecule has 1 amide bonds. The molecule has 2 atom stereocenters. The zero-order valence-corrected chi connectivity index (χ0v) is 12.1. The van der Waals surface area contributed by atoms with Crippen molar-refractivity contribution in [2.75, 3.05) is 6.61 Å². The van der Waals surface area contributed by atoms with Crippen molar-refractivity contribution < 1.29 is 9.90 Å². The van der Waals surface area contributed by atoms with Gasteiger partial charge in [-0.15, -0.1) is 0 Å². The first-order valence-electron chi connectivity index (χ1n) is 7.77. The predicted molar refractivity (Wildman–Crippen MR) is 83.2 cm³/mol. The van der Waals surface area contributed by atoms with Gasteiger partial charge in [-0.25, -0.2) is 0 Å². The van der Waals surface area contributed by atoms with Gasteiger partial charge in [0, 0.05) is 41.2 Å². The van der Waals surface area contributed by atoms with Crippen LogP contribution in [0, 0.1) is 5.92 Å². The molecule has 1 fully saturated rings. The van der Waals surface area contributed by atoms with Crippen molar-refractivity contribution in [1.82, 2.24) is 10.3 Å². The number of hydrogen-bond acceptors (Lipinski definition) is 2. The predicted octanol–water partition coefficient (Wildman–Crippen LogP) is 2.84. The molecule has 0 radical (unpaired) electrons. The third-order valence-electron chi connectivity index (χ3n) is 4.53.